The minimum absolute atomic E-state index is 0.0970. The maximum Gasteiger partial charge on any atom is 0.336 e. The Labute approximate surface area is 148 Å². The normalized spacial score (nSPS) is 32.4. The van der Waals surface area contributed by atoms with Gasteiger partial charge < -0.3 is 24.4 Å². The number of esters is 2. The second-order valence-corrected chi connectivity index (χ2v) is 6.71. The second kappa shape index (κ2) is 8.12. The maximum absolute atomic E-state index is 12.9. The topological polar surface area (TPSA) is 95.9 Å². The lowest BCUT2D eigenvalue weighted by molar-refractivity contribution is -0.882. The van der Waals surface area contributed by atoms with Crippen molar-refractivity contribution < 1.29 is 28.8 Å². The number of aliphatic hydroxyl groups excluding tert-OH is 1. The average molecular weight is 353 g/mol. The van der Waals surface area contributed by atoms with E-state index in [1.165, 1.54) is 6.08 Å². The van der Waals surface area contributed by atoms with Crippen molar-refractivity contribution in [3.05, 3.63) is 28.5 Å². The molecular weight excluding hydrogens is 326 g/mol. The van der Waals surface area contributed by atoms with E-state index in [4.69, 9.17) is 14.6 Å². The first-order valence-electron chi connectivity index (χ1n) is 8.71. The zero-order valence-electron chi connectivity index (χ0n) is 15.1. The Balaban J connectivity index is 2.03. The Kier molecular flexibility index (Phi) is 6.37. The number of rotatable bonds is 6. The SMILES string of the molecule is C/C=C(/C)C(=O)O[C@@H]1CC[N@@+]2([O-])CC[C@H](COC(=O)/C(=C\C)CO)[C@H]12. The van der Waals surface area contributed by atoms with Crippen LogP contribution in [0.2, 0.25) is 0 Å². The monoisotopic (exact) mass is 353 g/mol. The molecule has 0 aromatic carbocycles. The van der Waals surface area contributed by atoms with Crippen LogP contribution in [-0.2, 0) is 19.1 Å². The van der Waals surface area contributed by atoms with Crippen molar-refractivity contribution in [2.24, 2.45) is 5.92 Å². The number of quaternary nitrogens is 1. The van der Waals surface area contributed by atoms with E-state index in [-0.39, 0.29) is 29.4 Å². The number of hydrogen-bond acceptors (Lipinski definition) is 6. The first kappa shape index (κ1) is 19.6. The molecule has 1 N–H and O–H groups in total. The highest BCUT2D eigenvalue weighted by molar-refractivity contribution is 5.88. The van der Waals surface area contributed by atoms with E-state index in [9.17, 15) is 14.8 Å². The van der Waals surface area contributed by atoms with Gasteiger partial charge in [0.2, 0.25) is 0 Å². The van der Waals surface area contributed by atoms with Crippen LogP contribution in [0.4, 0.5) is 0 Å². The van der Waals surface area contributed by atoms with Crippen molar-refractivity contribution in [1.29, 1.82) is 0 Å². The zero-order valence-corrected chi connectivity index (χ0v) is 15.1. The molecule has 0 unspecified atom stereocenters. The van der Waals surface area contributed by atoms with Gasteiger partial charge in [-0.3, -0.25) is 0 Å². The van der Waals surface area contributed by atoms with Crippen LogP contribution in [0.25, 0.3) is 0 Å². The minimum Gasteiger partial charge on any atom is -0.632 e. The molecule has 2 aliphatic heterocycles. The number of nitrogens with zero attached hydrogens (tertiary/aromatic N) is 1. The zero-order chi connectivity index (χ0) is 18.6. The number of aliphatic hydroxyl groups is 1. The molecule has 0 amide bonds. The smallest absolute Gasteiger partial charge is 0.336 e. The van der Waals surface area contributed by atoms with Crippen LogP contribution in [0.15, 0.2) is 23.3 Å². The maximum atomic E-state index is 12.9. The number of carbonyl (C=O) groups excluding carboxylic acids is 2. The fourth-order valence-corrected chi connectivity index (χ4v) is 3.68. The van der Waals surface area contributed by atoms with E-state index in [2.05, 4.69) is 0 Å². The number of fused-ring (bicyclic) bond motifs is 1. The van der Waals surface area contributed by atoms with Gasteiger partial charge in [0.15, 0.2) is 6.10 Å². The molecule has 25 heavy (non-hydrogen) atoms. The fraction of sp³-hybridized carbons (Fsp3) is 0.667. The molecule has 2 rings (SSSR count). The molecule has 2 saturated heterocycles. The molecule has 0 bridgehead atoms. The molecule has 0 saturated carbocycles. The minimum atomic E-state index is -0.572. The molecule has 0 spiro atoms. The van der Waals surface area contributed by atoms with E-state index in [0.29, 0.717) is 31.5 Å². The van der Waals surface area contributed by atoms with Crippen molar-refractivity contribution in [3.8, 4) is 0 Å². The molecule has 0 aromatic rings. The summed E-state index contributed by atoms with van der Waals surface area (Å²) in [6, 6.07) is -0.399. The summed E-state index contributed by atoms with van der Waals surface area (Å²) >= 11 is 0. The summed E-state index contributed by atoms with van der Waals surface area (Å²) in [5.41, 5.74) is 0.705. The van der Waals surface area contributed by atoms with Crippen LogP contribution in [0.1, 0.15) is 33.6 Å². The Morgan fingerprint density at radius 1 is 1.20 bits per heavy atom. The molecular formula is C18H27NO6. The number of ether oxygens (including phenoxy) is 2. The predicted octanol–water partition coefficient (Wildman–Crippen LogP) is 1.45. The summed E-state index contributed by atoms with van der Waals surface area (Å²) in [4.78, 5) is 23.9. The van der Waals surface area contributed by atoms with Crippen LogP contribution >= 0.6 is 0 Å². The lowest BCUT2D eigenvalue weighted by Crippen LogP contribution is -2.48. The molecule has 0 aromatic heterocycles. The van der Waals surface area contributed by atoms with Crippen molar-refractivity contribution in [3.63, 3.8) is 0 Å². The second-order valence-electron chi connectivity index (χ2n) is 6.71. The quantitative estimate of drug-likeness (QED) is 0.336. The largest absolute Gasteiger partial charge is 0.632 e. The van der Waals surface area contributed by atoms with Crippen molar-refractivity contribution in [2.75, 3.05) is 26.3 Å². The highest BCUT2D eigenvalue weighted by Gasteiger charge is 2.54. The van der Waals surface area contributed by atoms with Gasteiger partial charge in [-0.1, -0.05) is 12.2 Å². The molecule has 4 atom stereocenters. The van der Waals surface area contributed by atoms with E-state index < -0.39 is 24.1 Å². The molecule has 7 nitrogen and oxygen atoms in total. The van der Waals surface area contributed by atoms with Gasteiger partial charge in [-0.25, -0.2) is 9.59 Å². The van der Waals surface area contributed by atoms with Crippen molar-refractivity contribution in [2.45, 2.75) is 45.8 Å². The number of carbonyl (C=O) groups is 2. The Morgan fingerprint density at radius 3 is 2.48 bits per heavy atom. The van der Waals surface area contributed by atoms with E-state index in [1.807, 2.05) is 0 Å². The van der Waals surface area contributed by atoms with E-state index in [1.54, 1.807) is 26.8 Å². The molecule has 0 aliphatic carbocycles. The van der Waals surface area contributed by atoms with Gasteiger partial charge in [-0.15, -0.1) is 0 Å². The van der Waals surface area contributed by atoms with Gasteiger partial charge >= 0.3 is 11.9 Å². The van der Waals surface area contributed by atoms with Gasteiger partial charge in [0.1, 0.15) is 12.6 Å². The molecule has 140 valence electrons. The summed E-state index contributed by atoms with van der Waals surface area (Å²) in [7, 11) is 0. The first-order valence-corrected chi connectivity index (χ1v) is 8.71. The lowest BCUT2D eigenvalue weighted by Gasteiger charge is -2.40. The predicted molar refractivity (Wildman–Crippen MR) is 91.0 cm³/mol. The number of hydroxylamine groups is 3. The highest BCUT2D eigenvalue weighted by Crippen LogP contribution is 2.41. The average Bonchev–Trinajstić information content (AvgIpc) is 3.09. The van der Waals surface area contributed by atoms with Crippen LogP contribution in [0, 0.1) is 11.1 Å². The number of hydrogen-bond donors (Lipinski definition) is 1. The highest BCUT2D eigenvalue weighted by atomic mass is 16.6. The van der Waals surface area contributed by atoms with Crippen LogP contribution < -0.4 is 0 Å². The summed E-state index contributed by atoms with van der Waals surface area (Å²) in [6.07, 6.45) is 3.88. The summed E-state index contributed by atoms with van der Waals surface area (Å²) in [5, 5.41) is 22.0. The molecule has 2 fully saturated rings. The van der Waals surface area contributed by atoms with E-state index >= 15 is 0 Å². The first-order chi connectivity index (χ1) is 11.9. The van der Waals surface area contributed by atoms with Crippen LogP contribution in [0.5, 0.6) is 0 Å². The van der Waals surface area contributed by atoms with Gasteiger partial charge in [-0.05, 0) is 20.8 Å². The van der Waals surface area contributed by atoms with Crippen molar-refractivity contribution >= 4 is 11.9 Å². The van der Waals surface area contributed by atoms with Crippen LogP contribution in [0.3, 0.4) is 0 Å². The third kappa shape index (κ3) is 4.11. The fourth-order valence-electron chi connectivity index (χ4n) is 3.68. The lowest BCUT2D eigenvalue weighted by atomic mass is 9.97. The Hall–Kier alpha value is -1.70. The Morgan fingerprint density at radius 2 is 1.88 bits per heavy atom. The third-order valence-electron chi connectivity index (χ3n) is 5.30. The van der Waals surface area contributed by atoms with E-state index in [0.717, 1.165) is 0 Å². The van der Waals surface area contributed by atoms with Crippen LogP contribution in [-0.4, -0.2) is 60.1 Å². The molecule has 2 heterocycles. The standard InChI is InChI=1S/C18H27NO6/c1-4-12(3)17(21)25-15-7-9-19(23)8-6-14(16(15)19)11-24-18(22)13(5-2)10-20/h4-5,14-16,20H,6-11H2,1-3H3/b12-4-,13-5-/t14-,15-,16-,19+/m1/s1. The molecule has 0 radical (unpaired) electrons. The Bertz CT molecular complexity index is 584. The van der Waals surface area contributed by atoms with Gasteiger partial charge in [-0.2, -0.15) is 0 Å². The molecule has 7 heteroatoms. The summed E-state index contributed by atoms with van der Waals surface area (Å²) in [5.74, 6) is -1.12. The summed E-state index contributed by atoms with van der Waals surface area (Å²) < 4.78 is 10.4. The van der Waals surface area contributed by atoms with Gasteiger partial charge in [0, 0.05) is 18.4 Å². The third-order valence-corrected chi connectivity index (χ3v) is 5.30. The van der Waals surface area contributed by atoms with Crippen molar-refractivity contribution in [1.82, 2.24) is 0 Å². The molecule has 2 aliphatic rings. The number of allylic oxidation sites excluding steroid dienone is 2. The van der Waals surface area contributed by atoms with Gasteiger partial charge in [0.05, 0.1) is 31.2 Å². The van der Waals surface area contributed by atoms with Gasteiger partial charge in [0.25, 0.3) is 0 Å². The summed E-state index contributed by atoms with van der Waals surface area (Å²) in [6.45, 7) is 5.67.